The van der Waals surface area contributed by atoms with Gasteiger partial charge in [0, 0.05) is 45.0 Å². The molecule has 0 spiro atoms. The van der Waals surface area contributed by atoms with Gasteiger partial charge < -0.3 is 25.2 Å². The summed E-state index contributed by atoms with van der Waals surface area (Å²) in [5.41, 5.74) is 2.70. The van der Waals surface area contributed by atoms with Crippen molar-refractivity contribution in [2.24, 2.45) is 0 Å². The highest BCUT2D eigenvalue weighted by Gasteiger charge is 2.35. The lowest BCUT2D eigenvalue weighted by Crippen LogP contribution is -2.60. The van der Waals surface area contributed by atoms with Crippen LogP contribution in [0.5, 0.6) is 5.75 Å². The van der Waals surface area contributed by atoms with E-state index in [2.05, 4.69) is 20.4 Å². The Morgan fingerprint density at radius 1 is 1.03 bits per heavy atom. The van der Waals surface area contributed by atoms with E-state index in [1.54, 1.807) is 12.0 Å². The lowest BCUT2D eigenvalue weighted by Gasteiger charge is -2.39. The van der Waals surface area contributed by atoms with Gasteiger partial charge in [0.05, 0.1) is 25.8 Å². The predicted octanol–water partition coefficient (Wildman–Crippen LogP) is 1.48. The number of para-hydroxylation sites is 3. The number of hydrogen-bond donors (Lipinski definition) is 2. The number of hydrogen-bond acceptors (Lipinski definition) is 6. The third kappa shape index (κ3) is 5.92. The number of anilines is 2. The zero-order chi connectivity index (χ0) is 24.8. The zero-order valence-electron chi connectivity index (χ0n) is 20.3. The average molecular weight is 480 g/mol. The molecule has 2 fully saturated rings. The van der Waals surface area contributed by atoms with E-state index in [1.807, 2.05) is 55.5 Å². The second-order valence-corrected chi connectivity index (χ2v) is 8.90. The van der Waals surface area contributed by atoms with Crippen molar-refractivity contribution in [2.75, 3.05) is 63.1 Å². The van der Waals surface area contributed by atoms with Crippen molar-refractivity contribution in [2.45, 2.75) is 19.4 Å². The van der Waals surface area contributed by atoms with Gasteiger partial charge in [-0.25, -0.2) is 0 Å². The van der Waals surface area contributed by atoms with E-state index >= 15 is 0 Å². The van der Waals surface area contributed by atoms with Gasteiger partial charge in [-0.15, -0.1) is 0 Å². The number of aryl methyl sites for hydroxylation is 1. The van der Waals surface area contributed by atoms with Crippen LogP contribution in [-0.2, 0) is 14.4 Å². The van der Waals surface area contributed by atoms with Crippen molar-refractivity contribution < 1.29 is 19.1 Å². The fraction of sp³-hybridized carbons (Fsp3) is 0.423. The first-order valence-electron chi connectivity index (χ1n) is 12.0. The lowest BCUT2D eigenvalue weighted by molar-refractivity contribution is -0.145. The molecule has 186 valence electrons. The topological polar surface area (TPSA) is 94.2 Å². The van der Waals surface area contributed by atoms with Crippen LogP contribution in [-0.4, -0.2) is 86.5 Å². The Morgan fingerprint density at radius 2 is 1.74 bits per heavy atom. The minimum atomic E-state index is -0.810. The zero-order valence-corrected chi connectivity index (χ0v) is 20.3. The summed E-state index contributed by atoms with van der Waals surface area (Å²) < 4.78 is 5.48. The number of amides is 3. The molecule has 0 bridgehead atoms. The highest BCUT2D eigenvalue weighted by molar-refractivity contribution is 5.98. The fourth-order valence-corrected chi connectivity index (χ4v) is 4.63. The minimum Gasteiger partial charge on any atom is -0.495 e. The molecule has 4 rings (SSSR count). The molecule has 1 atom stereocenters. The average Bonchev–Trinajstić information content (AvgIpc) is 2.87. The smallest absolute Gasteiger partial charge is 0.243 e. The first kappa shape index (κ1) is 24.5. The van der Waals surface area contributed by atoms with E-state index in [9.17, 15) is 14.4 Å². The van der Waals surface area contributed by atoms with Gasteiger partial charge in [0.1, 0.15) is 11.8 Å². The maximum Gasteiger partial charge on any atom is 0.243 e. The fourth-order valence-electron chi connectivity index (χ4n) is 4.63. The van der Waals surface area contributed by atoms with Gasteiger partial charge in [0.25, 0.3) is 0 Å². The third-order valence-corrected chi connectivity index (χ3v) is 6.61. The first-order chi connectivity index (χ1) is 17.0. The van der Waals surface area contributed by atoms with Crippen LogP contribution in [0.1, 0.15) is 12.0 Å². The Morgan fingerprint density at radius 3 is 2.49 bits per heavy atom. The maximum absolute atomic E-state index is 13.2. The third-order valence-electron chi connectivity index (χ3n) is 6.61. The molecule has 0 aliphatic carbocycles. The van der Waals surface area contributed by atoms with Crippen molar-refractivity contribution >= 4 is 29.1 Å². The van der Waals surface area contributed by atoms with Crippen LogP contribution < -0.4 is 20.3 Å². The summed E-state index contributed by atoms with van der Waals surface area (Å²) in [6, 6.07) is 14.6. The van der Waals surface area contributed by atoms with Crippen LogP contribution in [0.15, 0.2) is 48.5 Å². The molecule has 9 heteroatoms. The first-order valence-corrected chi connectivity index (χ1v) is 12.0. The van der Waals surface area contributed by atoms with E-state index in [0.717, 1.165) is 43.2 Å². The molecule has 2 aliphatic heterocycles. The van der Waals surface area contributed by atoms with Crippen LogP contribution >= 0.6 is 0 Å². The lowest BCUT2D eigenvalue weighted by atomic mass is 10.1. The van der Waals surface area contributed by atoms with E-state index in [0.29, 0.717) is 18.8 Å². The van der Waals surface area contributed by atoms with Crippen molar-refractivity contribution in [1.29, 1.82) is 0 Å². The van der Waals surface area contributed by atoms with Gasteiger partial charge in [0.2, 0.25) is 17.7 Å². The highest BCUT2D eigenvalue weighted by Crippen LogP contribution is 2.28. The summed E-state index contributed by atoms with van der Waals surface area (Å²) in [5, 5.41) is 5.66. The van der Waals surface area contributed by atoms with Gasteiger partial charge in [-0.2, -0.15) is 0 Å². The Balaban J connectivity index is 1.34. The van der Waals surface area contributed by atoms with Crippen LogP contribution in [0.25, 0.3) is 0 Å². The molecule has 2 N–H and O–H groups in total. The number of benzene rings is 2. The molecule has 35 heavy (non-hydrogen) atoms. The van der Waals surface area contributed by atoms with Crippen molar-refractivity contribution in [3.8, 4) is 5.75 Å². The Labute approximate surface area is 206 Å². The normalized spacial score (nSPS) is 18.7. The monoisotopic (exact) mass is 479 g/mol. The van der Waals surface area contributed by atoms with E-state index in [4.69, 9.17) is 4.74 Å². The number of methoxy groups -OCH3 is 1. The number of nitrogens with one attached hydrogen (secondary N) is 2. The summed E-state index contributed by atoms with van der Waals surface area (Å²) in [6.45, 7) is 5.92. The number of piperazine rings is 2. The molecule has 3 amide bonds. The van der Waals surface area contributed by atoms with E-state index in [1.165, 1.54) is 0 Å². The predicted molar refractivity (Wildman–Crippen MR) is 135 cm³/mol. The summed E-state index contributed by atoms with van der Waals surface area (Å²) in [4.78, 5) is 44.4. The number of nitrogens with zero attached hydrogens (tertiary/aromatic N) is 3. The molecule has 0 unspecified atom stereocenters. The van der Waals surface area contributed by atoms with Gasteiger partial charge in [-0.05, 0) is 30.7 Å². The largest absolute Gasteiger partial charge is 0.495 e. The number of rotatable bonds is 7. The molecule has 2 heterocycles. The molecular weight excluding hydrogens is 446 g/mol. The minimum absolute atomic E-state index is 0.0759. The van der Waals surface area contributed by atoms with Crippen molar-refractivity contribution in [1.82, 2.24) is 15.1 Å². The van der Waals surface area contributed by atoms with Crippen molar-refractivity contribution in [3.63, 3.8) is 0 Å². The maximum atomic E-state index is 13.2. The molecule has 2 aliphatic rings. The molecule has 2 aromatic carbocycles. The standard InChI is InChI=1S/C26H33N5O4/c1-19-7-3-4-8-20(19)28-24(32)17-22-26(34)27-11-12-31(22)25(33)18-29-13-15-30(16-14-29)21-9-5-6-10-23(21)35-2/h3-10,22H,11-18H2,1-2H3,(H,27,34)(H,28,32)/t22-/m0/s1. The summed E-state index contributed by atoms with van der Waals surface area (Å²) in [6.07, 6.45) is -0.0759. The quantitative estimate of drug-likeness (QED) is 0.625. The van der Waals surface area contributed by atoms with E-state index < -0.39 is 6.04 Å². The molecule has 0 aromatic heterocycles. The van der Waals surface area contributed by atoms with Crippen LogP contribution in [0.4, 0.5) is 11.4 Å². The number of carbonyl (C=O) groups is 3. The second-order valence-electron chi connectivity index (χ2n) is 8.90. The van der Waals surface area contributed by atoms with Crippen LogP contribution in [0, 0.1) is 6.92 Å². The van der Waals surface area contributed by atoms with Gasteiger partial charge in [0.15, 0.2) is 0 Å². The summed E-state index contributed by atoms with van der Waals surface area (Å²) in [7, 11) is 1.67. The molecule has 2 aromatic rings. The molecule has 2 saturated heterocycles. The molecule has 9 nitrogen and oxygen atoms in total. The van der Waals surface area contributed by atoms with E-state index in [-0.39, 0.29) is 30.7 Å². The number of carbonyl (C=O) groups excluding carboxylic acids is 3. The van der Waals surface area contributed by atoms with Gasteiger partial charge in [-0.3, -0.25) is 19.3 Å². The second kappa shape index (κ2) is 11.2. The van der Waals surface area contributed by atoms with Crippen LogP contribution in [0.2, 0.25) is 0 Å². The van der Waals surface area contributed by atoms with Gasteiger partial charge in [-0.1, -0.05) is 30.3 Å². The Bertz CT molecular complexity index is 1070. The molecule has 0 radical (unpaired) electrons. The molecule has 0 saturated carbocycles. The Kier molecular flexibility index (Phi) is 7.87. The number of ether oxygens (including phenoxy) is 1. The Hall–Kier alpha value is -3.59. The highest BCUT2D eigenvalue weighted by atomic mass is 16.5. The summed E-state index contributed by atoms with van der Waals surface area (Å²) in [5.74, 6) is 0.137. The van der Waals surface area contributed by atoms with Gasteiger partial charge >= 0.3 is 0 Å². The van der Waals surface area contributed by atoms with Crippen molar-refractivity contribution in [3.05, 3.63) is 54.1 Å². The summed E-state index contributed by atoms with van der Waals surface area (Å²) >= 11 is 0. The molecular formula is C26H33N5O4. The van der Waals surface area contributed by atoms with Crippen LogP contribution in [0.3, 0.4) is 0 Å². The SMILES string of the molecule is COc1ccccc1N1CCN(CC(=O)N2CCNC(=O)[C@@H]2CC(=O)Nc2ccccc2C)CC1.